The molecule has 0 radical (unpaired) electrons. The van der Waals surface area contributed by atoms with Crippen LogP contribution < -0.4 is 15.4 Å². The maximum Gasteiger partial charge on any atom is 0.409 e. The molecule has 8 heteroatoms. The van der Waals surface area contributed by atoms with Gasteiger partial charge in [0.2, 0.25) is 0 Å². The van der Waals surface area contributed by atoms with Gasteiger partial charge in [0.15, 0.2) is 5.96 Å². The number of piperidine rings is 1. The molecule has 0 spiro atoms. The van der Waals surface area contributed by atoms with E-state index in [4.69, 9.17) is 9.47 Å². The SMILES string of the molecule is CCOC(=O)N1CCC(NC(=NC)NCCOc2cccc(C)c2)CC1.I. The zero-order valence-corrected chi connectivity index (χ0v) is 18.7. The fourth-order valence-corrected chi connectivity index (χ4v) is 2.85. The molecule has 1 aliphatic rings. The summed E-state index contributed by atoms with van der Waals surface area (Å²) in [5, 5.41) is 6.67. The molecule has 1 saturated heterocycles. The van der Waals surface area contributed by atoms with E-state index in [1.165, 1.54) is 5.56 Å². The molecule has 152 valence electrons. The predicted molar refractivity (Wildman–Crippen MR) is 118 cm³/mol. The van der Waals surface area contributed by atoms with E-state index in [1.54, 1.807) is 11.9 Å². The van der Waals surface area contributed by atoms with Crippen molar-refractivity contribution >= 4 is 36.0 Å². The van der Waals surface area contributed by atoms with E-state index >= 15 is 0 Å². The standard InChI is InChI=1S/C19H30N4O3.HI/c1-4-25-19(24)23-11-8-16(9-12-23)22-18(20-3)21-10-13-26-17-7-5-6-15(2)14-17;/h5-7,14,16H,4,8-13H2,1-3H3,(H2,20,21,22);1H. The second-order valence-corrected chi connectivity index (χ2v) is 6.27. The van der Waals surface area contributed by atoms with Crippen molar-refractivity contribution in [3.8, 4) is 5.75 Å². The molecule has 0 atom stereocenters. The molecule has 1 aromatic carbocycles. The van der Waals surface area contributed by atoms with Crippen molar-refractivity contribution in [3.63, 3.8) is 0 Å². The number of hydrogen-bond acceptors (Lipinski definition) is 4. The second kappa shape index (κ2) is 12.6. The molecule has 1 fully saturated rings. The van der Waals surface area contributed by atoms with Crippen LogP contribution in [0.1, 0.15) is 25.3 Å². The van der Waals surface area contributed by atoms with Gasteiger partial charge in [-0.25, -0.2) is 4.79 Å². The number of halogens is 1. The van der Waals surface area contributed by atoms with Crippen molar-refractivity contribution in [1.82, 2.24) is 15.5 Å². The Bertz CT molecular complexity index is 604. The molecule has 2 rings (SSSR count). The van der Waals surface area contributed by atoms with Gasteiger partial charge in [-0.15, -0.1) is 24.0 Å². The monoisotopic (exact) mass is 490 g/mol. The maximum absolute atomic E-state index is 11.7. The van der Waals surface area contributed by atoms with Crippen molar-refractivity contribution in [1.29, 1.82) is 0 Å². The number of carbonyl (C=O) groups excluding carboxylic acids is 1. The average Bonchev–Trinajstić information content (AvgIpc) is 2.65. The van der Waals surface area contributed by atoms with Gasteiger partial charge in [0.05, 0.1) is 13.2 Å². The third-order valence-electron chi connectivity index (χ3n) is 4.24. The first-order valence-corrected chi connectivity index (χ1v) is 9.20. The Morgan fingerprint density at radius 2 is 2.07 bits per heavy atom. The fraction of sp³-hybridized carbons (Fsp3) is 0.579. The Hall–Kier alpha value is -1.71. The highest BCUT2D eigenvalue weighted by Gasteiger charge is 2.23. The normalized spacial score (nSPS) is 14.9. The van der Waals surface area contributed by atoms with Crippen LogP contribution in [0.4, 0.5) is 4.79 Å². The van der Waals surface area contributed by atoms with E-state index in [0.29, 0.717) is 38.9 Å². The summed E-state index contributed by atoms with van der Waals surface area (Å²) in [6.07, 6.45) is 1.53. The number of benzene rings is 1. The van der Waals surface area contributed by atoms with Gasteiger partial charge in [0.25, 0.3) is 0 Å². The smallest absolute Gasteiger partial charge is 0.409 e. The van der Waals surface area contributed by atoms with E-state index in [2.05, 4.69) is 15.6 Å². The molecule has 0 unspecified atom stereocenters. The lowest BCUT2D eigenvalue weighted by Crippen LogP contribution is -2.50. The quantitative estimate of drug-likeness (QED) is 0.278. The minimum atomic E-state index is -0.221. The van der Waals surface area contributed by atoms with Crippen molar-refractivity contribution < 1.29 is 14.3 Å². The maximum atomic E-state index is 11.7. The van der Waals surface area contributed by atoms with Gasteiger partial charge >= 0.3 is 6.09 Å². The van der Waals surface area contributed by atoms with E-state index in [9.17, 15) is 4.79 Å². The fourth-order valence-electron chi connectivity index (χ4n) is 2.85. The Kier molecular flexibility index (Phi) is 10.9. The zero-order chi connectivity index (χ0) is 18.8. The number of rotatable bonds is 6. The summed E-state index contributed by atoms with van der Waals surface area (Å²) in [5.41, 5.74) is 1.18. The number of aliphatic imine (C=N–C) groups is 1. The van der Waals surface area contributed by atoms with Crippen molar-refractivity contribution in [2.45, 2.75) is 32.7 Å². The highest BCUT2D eigenvalue weighted by molar-refractivity contribution is 14.0. The molecule has 0 bridgehead atoms. The highest BCUT2D eigenvalue weighted by Crippen LogP contribution is 2.12. The van der Waals surface area contributed by atoms with Crippen LogP contribution >= 0.6 is 24.0 Å². The number of likely N-dealkylation sites (tertiary alicyclic amines) is 1. The predicted octanol–water partition coefficient (Wildman–Crippen LogP) is 2.78. The molecular weight excluding hydrogens is 459 g/mol. The molecule has 27 heavy (non-hydrogen) atoms. The molecule has 1 aromatic rings. The van der Waals surface area contributed by atoms with Crippen LogP contribution in [0, 0.1) is 6.92 Å². The van der Waals surface area contributed by atoms with Gasteiger partial charge in [0.1, 0.15) is 12.4 Å². The molecule has 0 aliphatic carbocycles. The zero-order valence-electron chi connectivity index (χ0n) is 16.4. The van der Waals surface area contributed by atoms with E-state index in [-0.39, 0.29) is 30.1 Å². The van der Waals surface area contributed by atoms with Crippen LogP contribution in [0.5, 0.6) is 5.75 Å². The minimum Gasteiger partial charge on any atom is -0.492 e. The molecule has 0 aromatic heterocycles. The van der Waals surface area contributed by atoms with Crippen molar-refractivity contribution in [3.05, 3.63) is 29.8 Å². The number of guanidine groups is 1. The lowest BCUT2D eigenvalue weighted by atomic mass is 10.1. The first-order valence-electron chi connectivity index (χ1n) is 9.20. The highest BCUT2D eigenvalue weighted by atomic mass is 127. The van der Waals surface area contributed by atoms with E-state index in [0.717, 1.165) is 24.6 Å². The lowest BCUT2D eigenvalue weighted by Gasteiger charge is -2.32. The van der Waals surface area contributed by atoms with Crippen molar-refractivity contribution in [2.75, 3.05) is 39.9 Å². The number of aryl methyl sites for hydroxylation is 1. The van der Waals surface area contributed by atoms with Crippen molar-refractivity contribution in [2.24, 2.45) is 4.99 Å². The summed E-state index contributed by atoms with van der Waals surface area (Å²) in [4.78, 5) is 17.7. The van der Waals surface area contributed by atoms with E-state index < -0.39 is 0 Å². The van der Waals surface area contributed by atoms with Crippen LogP contribution in [0.25, 0.3) is 0 Å². The summed E-state index contributed by atoms with van der Waals surface area (Å²) in [7, 11) is 1.75. The third-order valence-corrected chi connectivity index (χ3v) is 4.24. The van der Waals surface area contributed by atoms with Gasteiger partial charge in [-0.05, 0) is 44.4 Å². The number of amides is 1. The number of nitrogens with zero attached hydrogens (tertiary/aromatic N) is 2. The van der Waals surface area contributed by atoms with Crippen LogP contribution in [0.15, 0.2) is 29.3 Å². The molecule has 1 amide bonds. The number of nitrogens with one attached hydrogen (secondary N) is 2. The Balaban J connectivity index is 0.00000364. The lowest BCUT2D eigenvalue weighted by molar-refractivity contribution is 0.0963. The topological polar surface area (TPSA) is 75.2 Å². The third kappa shape index (κ3) is 8.23. The largest absolute Gasteiger partial charge is 0.492 e. The Morgan fingerprint density at radius 3 is 2.70 bits per heavy atom. The summed E-state index contributed by atoms with van der Waals surface area (Å²) in [6.45, 7) is 6.90. The Labute approximate surface area is 178 Å². The van der Waals surface area contributed by atoms with Crippen LogP contribution in [0.3, 0.4) is 0 Å². The summed E-state index contributed by atoms with van der Waals surface area (Å²) >= 11 is 0. The van der Waals surface area contributed by atoms with E-state index in [1.807, 2.05) is 38.1 Å². The molecular formula is C19H31IN4O3. The molecule has 0 saturated carbocycles. The summed E-state index contributed by atoms with van der Waals surface area (Å²) in [6, 6.07) is 8.30. The van der Waals surface area contributed by atoms with Gasteiger partial charge in [-0.1, -0.05) is 12.1 Å². The Morgan fingerprint density at radius 1 is 1.33 bits per heavy atom. The first-order chi connectivity index (χ1) is 12.6. The van der Waals surface area contributed by atoms with Gasteiger partial charge in [0, 0.05) is 26.2 Å². The number of hydrogen-bond donors (Lipinski definition) is 2. The molecule has 7 nitrogen and oxygen atoms in total. The van der Waals surface area contributed by atoms with Gasteiger partial charge < -0.3 is 25.0 Å². The van der Waals surface area contributed by atoms with Crippen LogP contribution in [-0.4, -0.2) is 62.9 Å². The number of carbonyl (C=O) groups is 1. The van der Waals surface area contributed by atoms with Crippen LogP contribution in [-0.2, 0) is 4.74 Å². The van der Waals surface area contributed by atoms with Gasteiger partial charge in [-0.3, -0.25) is 4.99 Å². The number of ether oxygens (including phenoxy) is 2. The minimum absolute atomic E-state index is 0. The second-order valence-electron chi connectivity index (χ2n) is 6.27. The van der Waals surface area contributed by atoms with Crippen LogP contribution in [0.2, 0.25) is 0 Å². The molecule has 1 heterocycles. The summed E-state index contributed by atoms with van der Waals surface area (Å²) in [5.74, 6) is 1.63. The average molecular weight is 490 g/mol. The van der Waals surface area contributed by atoms with Gasteiger partial charge in [-0.2, -0.15) is 0 Å². The summed E-state index contributed by atoms with van der Waals surface area (Å²) < 4.78 is 10.8. The molecule has 2 N–H and O–H groups in total. The molecule has 1 aliphatic heterocycles. The first kappa shape index (κ1) is 23.3.